The topological polar surface area (TPSA) is 95.9 Å². The van der Waals surface area contributed by atoms with Crippen LogP contribution in [0.1, 0.15) is 13.3 Å². The van der Waals surface area contributed by atoms with Crippen LogP contribution in [0.2, 0.25) is 0 Å². The third kappa shape index (κ3) is 5.26. The lowest BCUT2D eigenvalue weighted by molar-refractivity contribution is -0.126. The van der Waals surface area contributed by atoms with Gasteiger partial charge in [0.15, 0.2) is 0 Å². The van der Waals surface area contributed by atoms with E-state index in [0.29, 0.717) is 6.42 Å². The number of hydrogen-bond acceptors (Lipinski definition) is 4. The van der Waals surface area contributed by atoms with E-state index in [9.17, 15) is 9.36 Å². The summed E-state index contributed by atoms with van der Waals surface area (Å²) < 4.78 is 15.4. The summed E-state index contributed by atoms with van der Waals surface area (Å²) in [5, 5.41) is 8.04. The molecule has 1 atom stereocenters. The van der Waals surface area contributed by atoms with Gasteiger partial charge in [-0.25, -0.2) is 5.48 Å². The first-order chi connectivity index (χ1) is 5.52. The molecule has 12 heavy (non-hydrogen) atoms. The van der Waals surface area contributed by atoms with Crippen molar-refractivity contribution in [3.05, 3.63) is 0 Å². The monoisotopic (exact) mass is 197 g/mol. The molecule has 3 N–H and O–H groups in total. The number of carbonyl (C=O) groups excluding carboxylic acids is 1. The van der Waals surface area contributed by atoms with Crippen LogP contribution in [0, 0.1) is 0 Å². The van der Waals surface area contributed by atoms with Gasteiger partial charge in [0.2, 0.25) is 0 Å². The Morgan fingerprint density at radius 2 is 2.25 bits per heavy atom. The van der Waals surface area contributed by atoms with Crippen LogP contribution in [0.4, 0.5) is 0 Å². The number of hydrogen-bond donors (Lipinski definition) is 3. The molecule has 0 aromatic rings. The Morgan fingerprint density at radius 1 is 1.67 bits per heavy atom. The van der Waals surface area contributed by atoms with Gasteiger partial charge >= 0.3 is 7.60 Å². The Labute approximate surface area is 70.0 Å². The molecule has 0 aliphatic heterocycles. The van der Waals surface area contributed by atoms with Crippen molar-refractivity contribution in [2.24, 2.45) is 0 Å². The lowest BCUT2D eigenvalue weighted by Crippen LogP contribution is -2.22. The zero-order valence-electron chi connectivity index (χ0n) is 6.69. The molecule has 72 valence electrons. The Hall–Kier alpha value is -0.420. The molecule has 0 saturated heterocycles. The number of hydroxylamine groups is 1. The molecular weight excluding hydrogens is 185 g/mol. The van der Waals surface area contributed by atoms with E-state index < -0.39 is 19.7 Å². The molecule has 1 amide bonds. The summed E-state index contributed by atoms with van der Waals surface area (Å²) in [7, 11) is -3.85. The van der Waals surface area contributed by atoms with Gasteiger partial charge < -0.3 is 9.42 Å². The molecule has 1 unspecified atom stereocenters. The highest BCUT2D eigenvalue weighted by Crippen LogP contribution is 2.41. The van der Waals surface area contributed by atoms with Gasteiger partial charge in [0, 0.05) is 0 Å². The number of rotatable bonds is 5. The van der Waals surface area contributed by atoms with Crippen LogP contribution in [0.5, 0.6) is 0 Å². The molecule has 7 heteroatoms. The van der Waals surface area contributed by atoms with Crippen molar-refractivity contribution in [3.8, 4) is 0 Å². The maximum absolute atomic E-state index is 10.9. The van der Waals surface area contributed by atoms with Crippen molar-refractivity contribution >= 4 is 13.5 Å². The molecular formula is C5H12NO5P. The van der Waals surface area contributed by atoms with Gasteiger partial charge in [0.25, 0.3) is 5.91 Å². The number of amides is 1. The zero-order chi connectivity index (χ0) is 9.61. The molecule has 6 nitrogen and oxygen atoms in total. The van der Waals surface area contributed by atoms with Gasteiger partial charge in [-0.05, 0) is 6.42 Å². The van der Waals surface area contributed by atoms with E-state index in [-0.39, 0.29) is 6.61 Å². The Balaban J connectivity index is 3.87. The van der Waals surface area contributed by atoms with E-state index in [4.69, 9.17) is 10.1 Å². The highest BCUT2D eigenvalue weighted by atomic mass is 31.2. The maximum Gasteiger partial charge on any atom is 0.337 e. The Kier molecular flexibility index (Phi) is 5.08. The predicted octanol–water partition coefficient (Wildman–Crippen LogP) is 0.104. The summed E-state index contributed by atoms with van der Waals surface area (Å²) in [6.07, 6.45) is -0.130. The SMILES string of the molecule is CCCOP(=O)(O)CC(=O)NO. The highest BCUT2D eigenvalue weighted by Gasteiger charge is 2.23. The van der Waals surface area contributed by atoms with E-state index in [0.717, 1.165) is 0 Å². The fraction of sp³-hybridized carbons (Fsp3) is 0.800. The molecule has 0 rings (SSSR count). The first-order valence-corrected chi connectivity index (χ1v) is 5.17. The minimum atomic E-state index is -3.85. The summed E-state index contributed by atoms with van der Waals surface area (Å²) >= 11 is 0. The molecule has 0 aliphatic carbocycles. The fourth-order valence-corrected chi connectivity index (χ4v) is 1.49. The molecule has 0 radical (unpaired) electrons. The van der Waals surface area contributed by atoms with Crippen LogP contribution in [-0.4, -0.2) is 28.8 Å². The number of nitrogens with one attached hydrogen (secondary N) is 1. The van der Waals surface area contributed by atoms with Crippen LogP contribution in [0.3, 0.4) is 0 Å². The molecule has 0 aliphatic rings. The van der Waals surface area contributed by atoms with Crippen molar-refractivity contribution in [1.29, 1.82) is 0 Å². The largest absolute Gasteiger partial charge is 0.337 e. The third-order valence-electron chi connectivity index (χ3n) is 0.965. The van der Waals surface area contributed by atoms with Crippen molar-refractivity contribution in [2.75, 3.05) is 12.8 Å². The maximum atomic E-state index is 10.9. The summed E-state index contributed by atoms with van der Waals surface area (Å²) in [5.41, 5.74) is 1.25. The predicted molar refractivity (Wildman–Crippen MR) is 40.9 cm³/mol. The van der Waals surface area contributed by atoms with Crippen LogP contribution in [0.15, 0.2) is 0 Å². The zero-order valence-corrected chi connectivity index (χ0v) is 7.58. The molecule has 0 spiro atoms. The molecule has 0 bridgehead atoms. The van der Waals surface area contributed by atoms with Gasteiger partial charge in [-0.1, -0.05) is 6.92 Å². The first-order valence-electron chi connectivity index (χ1n) is 3.41. The summed E-state index contributed by atoms with van der Waals surface area (Å²) in [4.78, 5) is 19.3. The quantitative estimate of drug-likeness (QED) is 0.330. The molecule has 0 heterocycles. The van der Waals surface area contributed by atoms with Crippen molar-refractivity contribution in [3.63, 3.8) is 0 Å². The standard InChI is InChI=1S/C5H12NO5P/c1-2-3-11-12(9,10)4-5(7)6-8/h8H,2-4H2,1H3,(H,6,7)(H,9,10). The van der Waals surface area contributed by atoms with E-state index >= 15 is 0 Å². The fourth-order valence-electron chi connectivity index (χ4n) is 0.496. The van der Waals surface area contributed by atoms with Crippen LogP contribution < -0.4 is 5.48 Å². The lowest BCUT2D eigenvalue weighted by Gasteiger charge is -2.09. The third-order valence-corrected chi connectivity index (χ3v) is 2.24. The van der Waals surface area contributed by atoms with Crippen molar-refractivity contribution in [2.45, 2.75) is 13.3 Å². The molecule has 0 aromatic carbocycles. The summed E-state index contributed by atoms with van der Waals surface area (Å²) in [5.74, 6) is -0.933. The van der Waals surface area contributed by atoms with E-state index in [1.807, 2.05) is 0 Å². The smallest absolute Gasteiger partial charge is 0.324 e. The van der Waals surface area contributed by atoms with E-state index in [1.165, 1.54) is 5.48 Å². The second-order valence-corrected chi connectivity index (χ2v) is 4.01. The minimum absolute atomic E-state index is 0.118. The second-order valence-electron chi connectivity index (χ2n) is 2.16. The number of carbonyl (C=O) groups is 1. The summed E-state index contributed by atoms with van der Waals surface area (Å²) in [6.45, 7) is 1.89. The van der Waals surface area contributed by atoms with Gasteiger partial charge in [-0.15, -0.1) is 0 Å². The Bertz CT molecular complexity index is 194. The first kappa shape index (κ1) is 11.6. The van der Waals surface area contributed by atoms with Gasteiger partial charge in [-0.3, -0.25) is 14.6 Å². The second kappa shape index (κ2) is 5.27. The molecule has 0 fully saturated rings. The van der Waals surface area contributed by atoms with Crippen LogP contribution in [0.25, 0.3) is 0 Å². The van der Waals surface area contributed by atoms with E-state index in [2.05, 4.69) is 4.52 Å². The van der Waals surface area contributed by atoms with Crippen LogP contribution >= 0.6 is 7.60 Å². The van der Waals surface area contributed by atoms with Gasteiger partial charge in [0.1, 0.15) is 6.16 Å². The summed E-state index contributed by atoms with van der Waals surface area (Å²) in [6, 6.07) is 0. The van der Waals surface area contributed by atoms with Gasteiger partial charge in [-0.2, -0.15) is 0 Å². The lowest BCUT2D eigenvalue weighted by atomic mass is 10.5. The molecule has 0 saturated carbocycles. The average Bonchev–Trinajstić information content (AvgIpc) is 2.00. The normalized spacial score (nSPS) is 15.2. The van der Waals surface area contributed by atoms with Crippen LogP contribution in [-0.2, 0) is 13.9 Å². The van der Waals surface area contributed by atoms with Crippen molar-refractivity contribution in [1.82, 2.24) is 5.48 Å². The van der Waals surface area contributed by atoms with Gasteiger partial charge in [0.05, 0.1) is 6.61 Å². The highest BCUT2D eigenvalue weighted by molar-refractivity contribution is 7.53. The Morgan fingerprint density at radius 3 is 2.67 bits per heavy atom. The minimum Gasteiger partial charge on any atom is -0.324 e. The van der Waals surface area contributed by atoms with Crippen molar-refractivity contribution < 1.29 is 24.0 Å². The molecule has 0 aromatic heterocycles. The van der Waals surface area contributed by atoms with E-state index in [1.54, 1.807) is 6.92 Å². The average molecular weight is 197 g/mol.